The summed E-state index contributed by atoms with van der Waals surface area (Å²) < 4.78 is 0. The standard InChI is InChI=1S/C14H13NO2S/c1-9-3-5-11(6-4-9)14-10(2)18-12(15-14)7-8-13(16)17/h3-8H,1-2H3,(H,16,17)/b8-7+. The van der Waals surface area contributed by atoms with Gasteiger partial charge in [-0.05, 0) is 19.9 Å². The Balaban J connectivity index is 2.34. The van der Waals surface area contributed by atoms with Crippen molar-refractivity contribution in [1.82, 2.24) is 4.98 Å². The number of carboxylic acids is 1. The first-order chi connectivity index (χ1) is 8.56. The summed E-state index contributed by atoms with van der Waals surface area (Å²) in [5.74, 6) is -0.959. The average Bonchev–Trinajstić information content (AvgIpc) is 2.69. The van der Waals surface area contributed by atoms with E-state index in [0.29, 0.717) is 5.01 Å². The maximum absolute atomic E-state index is 10.5. The summed E-state index contributed by atoms with van der Waals surface area (Å²) in [4.78, 5) is 16.0. The second-order valence-corrected chi connectivity index (χ2v) is 5.23. The second kappa shape index (κ2) is 5.14. The SMILES string of the molecule is Cc1ccc(-c2nc(/C=C/C(=O)O)sc2C)cc1. The Kier molecular flexibility index (Phi) is 3.58. The van der Waals surface area contributed by atoms with E-state index in [1.165, 1.54) is 23.0 Å². The fourth-order valence-corrected chi connectivity index (χ4v) is 2.46. The van der Waals surface area contributed by atoms with Crippen molar-refractivity contribution in [1.29, 1.82) is 0 Å². The molecule has 0 aliphatic rings. The van der Waals surface area contributed by atoms with Gasteiger partial charge in [0.1, 0.15) is 5.01 Å². The highest BCUT2D eigenvalue weighted by Crippen LogP contribution is 2.28. The van der Waals surface area contributed by atoms with Crippen LogP contribution in [0, 0.1) is 13.8 Å². The lowest BCUT2D eigenvalue weighted by Crippen LogP contribution is -1.85. The molecule has 2 aromatic rings. The van der Waals surface area contributed by atoms with E-state index in [4.69, 9.17) is 5.11 Å². The second-order valence-electron chi connectivity index (χ2n) is 3.99. The van der Waals surface area contributed by atoms with Gasteiger partial charge in [0.05, 0.1) is 5.69 Å². The minimum Gasteiger partial charge on any atom is -0.478 e. The molecule has 0 bridgehead atoms. The van der Waals surface area contributed by atoms with E-state index in [-0.39, 0.29) is 0 Å². The summed E-state index contributed by atoms with van der Waals surface area (Å²) in [5, 5.41) is 9.30. The Labute approximate surface area is 109 Å². The molecule has 0 atom stereocenters. The lowest BCUT2D eigenvalue weighted by atomic mass is 10.1. The third-order valence-electron chi connectivity index (χ3n) is 2.51. The maximum atomic E-state index is 10.5. The van der Waals surface area contributed by atoms with Crippen LogP contribution in [0.3, 0.4) is 0 Å². The Bertz CT molecular complexity index is 597. The number of aromatic nitrogens is 1. The van der Waals surface area contributed by atoms with Gasteiger partial charge in [-0.25, -0.2) is 9.78 Å². The summed E-state index contributed by atoms with van der Waals surface area (Å²) in [6.45, 7) is 4.03. The third-order valence-corrected chi connectivity index (χ3v) is 3.44. The van der Waals surface area contributed by atoms with E-state index >= 15 is 0 Å². The van der Waals surface area contributed by atoms with E-state index in [0.717, 1.165) is 22.2 Å². The van der Waals surface area contributed by atoms with Crippen LogP contribution in [0.4, 0.5) is 0 Å². The topological polar surface area (TPSA) is 50.2 Å². The van der Waals surface area contributed by atoms with E-state index in [9.17, 15) is 4.79 Å². The molecule has 2 rings (SSSR count). The van der Waals surface area contributed by atoms with Crippen molar-refractivity contribution >= 4 is 23.4 Å². The molecule has 0 amide bonds. The molecule has 0 saturated carbocycles. The van der Waals surface area contributed by atoms with Gasteiger partial charge in [0.15, 0.2) is 0 Å². The highest BCUT2D eigenvalue weighted by Gasteiger charge is 2.08. The number of hydrogen-bond acceptors (Lipinski definition) is 3. The number of aryl methyl sites for hydroxylation is 2. The maximum Gasteiger partial charge on any atom is 0.328 e. The lowest BCUT2D eigenvalue weighted by molar-refractivity contribution is -0.131. The molecule has 18 heavy (non-hydrogen) atoms. The van der Waals surface area contributed by atoms with E-state index in [1.807, 2.05) is 38.1 Å². The predicted molar refractivity (Wildman–Crippen MR) is 73.7 cm³/mol. The monoisotopic (exact) mass is 259 g/mol. The van der Waals surface area contributed by atoms with Crippen LogP contribution in [0.5, 0.6) is 0 Å². The number of carboxylic acid groups (broad SMARTS) is 1. The summed E-state index contributed by atoms with van der Waals surface area (Å²) in [6, 6.07) is 8.14. The third kappa shape index (κ3) is 2.84. The fraction of sp³-hybridized carbons (Fsp3) is 0.143. The Morgan fingerprint density at radius 2 is 1.94 bits per heavy atom. The van der Waals surface area contributed by atoms with Crippen LogP contribution >= 0.6 is 11.3 Å². The molecule has 1 N–H and O–H groups in total. The van der Waals surface area contributed by atoms with Gasteiger partial charge >= 0.3 is 5.97 Å². The number of rotatable bonds is 3. The molecular formula is C14H13NO2S. The predicted octanol–water partition coefficient (Wildman–Crippen LogP) is 3.52. The molecule has 0 aliphatic carbocycles. The van der Waals surface area contributed by atoms with Crippen LogP contribution in [0.2, 0.25) is 0 Å². The molecule has 0 saturated heterocycles. The van der Waals surface area contributed by atoms with Crippen molar-refractivity contribution in [3.63, 3.8) is 0 Å². The van der Waals surface area contributed by atoms with Gasteiger partial charge in [0.25, 0.3) is 0 Å². The van der Waals surface area contributed by atoms with Crippen LogP contribution in [-0.4, -0.2) is 16.1 Å². The quantitative estimate of drug-likeness (QED) is 0.858. The number of hydrogen-bond donors (Lipinski definition) is 1. The van der Waals surface area contributed by atoms with Gasteiger partial charge in [-0.15, -0.1) is 11.3 Å². The van der Waals surface area contributed by atoms with E-state index in [1.54, 1.807) is 0 Å². The van der Waals surface area contributed by atoms with Gasteiger partial charge in [-0.2, -0.15) is 0 Å². The molecule has 0 spiro atoms. The van der Waals surface area contributed by atoms with Crippen LogP contribution < -0.4 is 0 Å². The van der Waals surface area contributed by atoms with Gasteiger partial charge in [0, 0.05) is 16.5 Å². The first-order valence-electron chi connectivity index (χ1n) is 5.52. The highest BCUT2D eigenvalue weighted by molar-refractivity contribution is 7.12. The number of aliphatic carboxylic acids is 1. The van der Waals surface area contributed by atoms with Crippen molar-refractivity contribution in [2.24, 2.45) is 0 Å². The van der Waals surface area contributed by atoms with Crippen molar-refractivity contribution in [3.05, 3.63) is 45.8 Å². The van der Waals surface area contributed by atoms with E-state index < -0.39 is 5.97 Å². The Morgan fingerprint density at radius 3 is 2.56 bits per heavy atom. The average molecular weight is 259 g/mol. The first kappa shape index (κ1) is 12.5. The van der Waals surface area contributed by atoms with Crippen LogP contribution in [0.1, 0.15) is 15.4 Å². The van der Waals surface area contributed by atoms with Crippen LogP contribution in [0.15, 0.2) is 30.3 Å². The summed E-state index contributed by atoms with van der Waals surface area (Å²) in [6.07, 6.45) is 2.63. The molecule has 1 aromatic heterocycles. The number of carbonyl (C=O) groups is 1. The van der Waals surface area contributed by atoms with Crippen LogP contribution in [-0.2, 0) is 4.79 Å². The zero-order valence-corrected chi connectivity index (χ0v) is 11.0. The molecule has 92 valence electrons. The zero-order chi connectivity index (χ0) is 13.1. The van der Waals surface area contributed by atoms with Crippen molar-refractivity contribution in [2.75, 3.05) is 0 Å². The smallest absolute Gasteiger partial charge is 0.328 e. The first-order valence-corrected chi connectivity index (χ1v) is 6.33. The van der Waals surface area contributed by atoms with Gasteiger partial charge < -0.3 is 5.11 Å². The lowest BCUT2D eigenvalue weighted by Gasteiger charge is -1.98. The van der Waals surface area contributed by atoms with Crippen molar-refractivity contribution in [2.45, 2.75) is 13.8 Å². The highest BCUT2D eigenvalue weighted by atomic mass is 32.1. The molecular weight excluding hydrogens is 246 g/mol. The number of nitrogens with zero attached hydrogens (tertiary/aromatic N) is 1. The molecule has 0 aliphatic heterocycles. The Hall–Kier alpha value is -1.94. The fourth-order valence-electron chi connectivity index (χ4n) is 1.61. The van der Waals surface area contributed by atoms with Gasteiger partial charge in [-0.3, -0.25) is 0 Å². The minimum atomic E-state index is -0.959. The Morgan fingerprint density at radius 1 is 1.28 bits per heavy atom. The number of thiazole rings is 1. The molecule has 3 nitrogen and oxygen atoms in total. The molecule has 1 aromatic carbocycles. The van der Waals surface area contributed by atoms with Gasteiger partial charge in [-0.1, -0.05) is 29.8 Å². The summed E-state index contributed by atoms with van der Waals surface area (Å²) >= 11 is 1.49. The molecule has 0 fully saturated rings. The number of benzene rings is 1. The minimum absolute atomic E-state index is 0.713. The van der Waals surface area contributed by atoms with Gasteiger partial charge in [0.2, 0.25) is 0 Å². The van der Waals surface area contributed by atoms with E-state index in [2.05, 4.69) is 4.98 Å². The van der Waals surface area contributed by atoms with Crippen molar-refractivity contribution in [3.8, 4) is 11.3 Å². The molecule has 1 heterocycles. The molecule has 0 radical (unpaired) electrons. The molecule has 4 heteroatoms. The van der Waals surface area contributed by atoms with Crippen LogP contribution in [0.25, 0.3) is 17.3 Å². The normalized spacial score (nSPS) is 11.0. The largest absolute Gasteiger partial charge is 0.478 e. The van der Waals surface area contributed by atoms with Crippen molar-refractivity contribution < 1.29 is 9.90 Å². The molecule has 0 unspecified atom stereocenters. The summed E-state index contributed by atoms with van der Waals surface area (Å²) in [7, 11) is 0. The summed E-state index contributed by atoms with van der Waals surface area (Å²) in [5.41, 5.74) is 3.19. The zero-order valence-electron chi connectivity index (χ0n) is 10.2.